The molecule has 0 aliphatic rings. The number of aliphatic hydroxyl groups excluding tert-OH is 1. The lowest BCUT2D eigenvalue weighted by Gasteiger charge is -2.15. The maximum atomic E-state index is 10.5. The van der Waals surface area contributed by atoms with E-state index < -0.39 is 6.10 Å². The van der Waals surface area contributed by atoms with Crippen molar-refractivity contribution in [1.82, 2.24) is 14.3 Å². The molecule has 0 fully saturated rings. The fourth-order valence-corrected chi connectivity index (χ4v) is 3.17. The average molecular weight is 297 g/mol. The van der Waals surface area contributed by atoms with E-state index in [4.69, 9.17) is 0 Å². The summed E-state index contributed by atoms with van der Waals surface area (Å²) in [5.74, 6) is 0. The first-order valence-electron chi connectivity index (χ1n) is 7.71. The van der Waals surface area contributed by atoms with Crippen LogP contribution < -0.4 is 0 Å². The van der Waals surface area contributed by atoms with Gasteiger partial charge < -0.3 is 9.67 Å². The molecule has 1 atom stereocenters. The number of rotatable bonds is 4. The zero-order chi connectivity index (χ0) is 15.9. The Kier molecular flexibility index (Phi) is 3.79. The molecule has 1 N–H and O–H groups in total. The van der Waals surface area contributed by atoms with E-state index in [0.717, 1.165) is 11.4 Å². The van der Waals surface area contributed by atoms with E-state index in [1.807, 2.05) is 30.7 Å². The minimum absolute atomic E-state index is 0.466. The molecule has 0 bridgehead atoms. The molecular formula is C18H23N3O. The van der Waals surface area contributed by atoms with Gasteiger partial charge in [0.25, 0.3) is 0 Å². The molecule has 1 aromatic carbocycles. The van der Waals surface area contributed by atoms with Crippen molar-refractivity contribution >= 4 is 10.9 Å². The molecule has 4 nitrogen and oxygen atoms in total. The molecule has 116 valence electrons. The molecule has 0 spiro atoms. The molecule has 3 aromatic rings. The number of hydrogen-bond donors (Lipinski definition) is 1. The van der Waals surface area contributed by atoms with E-state index in [-0.39, 0.29) is 0 Å². The highest BCUT2D eigenvalue weighted by molar-refractivity contribution is 5.85. The minimum atomic E-state index is -0.466. The summed E-state index contributed by atoms with van der Waals surface area (Å²) in [5, 5.41) is 16.2. The quantitative estimate of drug-likeness (QED) is 0.804. The normalized spacial score (nSPS) is 13.0. The highest BCUT2D eigenvalue weighted by atomic mass is 16.3. The van der Waals surface area contributed by atoms with Crippen LogP contribution in [0.1, 0.15) is 22.6 Å². The molecule has 0 amide bonds. The van der Waals surface area contributed by atoms with Gasteiger partial charge in [0, 0.05) is 22.3 Å². The van der Waals surface area contributed by atoms with Crippen molar-refractivity contribution in [3.8, 4) is 0 Å². The van der Waals surface area contributed by atoms with Gasteiger partial charge in [-0.3, -0.25) is 4.68 Å². The Morgan fingerprint density at radius 2 is 1.82 bits per heavy atom. The van der Waals surface area contributed by atoms with Crippen LogP contribution >= 0.6 is 0 Å². The van der Waals surface area contributed by atoms with Crippen LogP contribution in [-0.2, 0) is 13.1 Å². The van der Waals surface area contributed by atoms with Gasteiger partial charge in [0.2, 0.25) is 0 Å². The molecule has 3 rings (SSSR count). The molecular weight excluding hydrogens is 274 g/mol. The second-order valence-electron chi connectivity index (χ2n) is 6.10. The highest BCUT2D eigenvalue weighted by Gasteiger charge is 2.15. The second kappa shape index (κ2) is 5.61. The van der Waals surface area contributed by atoms with Crippen LogP contribution in [-0.4, -0.2) is 25.6 Å². The van der Waals surface area contributed by atoms with Crippen molar-refractivity contribution in [3.05, 3.63) is 53.0 Å². The van der Waals surface area contributed by atoms with Crippen LogP contribution in [0.15, 0.2) is 30.3 Å². The number of para-hydroxylation sites is 1. The third-order valence-corrected chi connectivity index (χ3v) is 4.43. The lowest BCUT2D eigenvalue weighted by molar-refractivity contribution is 0.130. The lowest BCUT2D eigenvalue weighted by atomic mass is 10.2. The largest absolute Gasteiger partial charge is 0.389 e. The van der Waals surface area contributed by atoms with Crippen molar-refractivity contribution in [2.75, 3.05) is 0 Å². The summed E-state index contributed by atoms with van der Waals surface area (Å²) in [6.07, 6.45) is -0.466. The number of aliphatic hydroxyl groups is 1. The number of aryl methyl sites for hydroxylation is 3. The van der Waals surface area contributed by atoms with Crippen molar-refractivity contribution in [2.45, 2.75) is 46.9 Å². The van der Waals surface area contributed by atoms with Crippen LogP contribution in [0, 0.1) is 27.7 Å². The molecule has 4 heteroatoms. The number of fused-ring (bicyclic) bond motifs is 1. The third-order valence-electron chi connectivity index (χ3n) is 4.43. The smallest absolute Gasteiger partial charge is 0.0914 e. The second-order valence-corrected chi connectivity index (χ2v) is 6.10. The summed E-state index contributed by atoms with van der Waals surface area (Å²) in [7, 11) is 0. The number of nitrogens with zero attached hydrogens (tertiary/aromatic N) is 3. The van der Waals surface area contributed by atoms with E-state index in [9.17, 15) is 5.11 Å². The first-order chi connectivity index (χ1) is 10.5. The Bertz CT molecular complexity index is 813. The SMILES string of the molecule is Cc1cc(C)n(C[C@H](O)Cn2c(C)c(C)c3ccccc32)n1. The van der Waals surface area contributed by atoms with Gasteiger partial charge in [-0.25, -0.2) is 0 Å². The summed E-state index contributed by atoms with van der Waals surface area (Å²) < 4.78 is 4.09. The van der Waals surface area contributed by atoms with E-state index in [0.29, 0.717) is 13.1 Å². The van der Waals surface area contributed by atoms with Gasteiger partial charge in [0.1, 0.15) is 0 Å². The fourth-order valence-electron chi connectivity index (χ4n) is 3.17. The molecule has 0 radical (unpaired) electrons. The van der Waals surface area contributed by atoms with Crippen molar-refractivity contribution < 1.29 is 5.11 Å². The maximum absolute atomic E-state index is 10.5. The number of hydrogen-bond acceptors (Lipinski definition) is 2. The standard InChI is InChI=1S/C18H23N3O/c1-12-9-13(2)21(19-12)11-16(22)10-20-15(4)14(3)17-7-5-6-8-18(17)20/h5-9,16,22H,10-11H2,1-4H3/t16-/m1/s1. The molecule has 2 heterocycles. The number of benzene rings is 1. The average Bonchev–Trinajstić information content (AvgIpc) is 2.91. The minimum Gasteiger partial charge on any atom is -0.389 e. The monoisotopic (exact) mass is 297 g/mol. The van der Waals surface area contributed by atoms with Crippen LogP contribution in [0.5, 0.6) is 0 Å². The van der Waals surface area contributed by atoms with Crippen molar-refractivity contribution in [2.24, 2.45) is 0 Å². The van der Waals surface area contributed by atoms with E-state index in [2.05, 4.69) is 41.7 Å². The number of aromatic nitrogens is 3. The summed E-state index contributed by atoms with van der Waals surface area (Å²) in [6, 6.07) is 10.4. The predicted molar refractivity (Wildman–Crippen MR) is 89.1 cm³/mol. The van der Waals surface area contributed by atoms with E-state index in [1.165, 1.54) is 22.2 Å². The molecule has 0 saturated heterocycles. The van der Waals surface area contributed by atoms with Crippen LogP contribution in [0.4, 0.5) is 0 Å². The van der Waals surface area contributed by atoms with Gasteiger partial charge >= 0.3 is 0 Å². The molecule has 0 aliphatic carbocycles. The van der Waals surface area contributed by atoms with Gasteiger partial charge in [0.15, 0.2) is 0 Å². The Balaban J connectivity index is 1.87. The molecule has 0 aliphatic heterocycles. The van der Waals surface area contributed by atoms with Crippen LogP contribution in [0.2, 0.25) is 0 Å². The van der Waals surface area contributed by atoms with E-state index >= 15 is 0 Å². The van der Waals surface area contributed by atoms with Gasteiger partial charge in [-0.15, -0.1) is 0 Å². The Morgan fingerprint density at radius 3 is 2.50 bits per heavy atom. The van der Waals surface area contributed by atoms with Crippen molar-refractivity contribution in [1.29, 1.82) is 0 Å². The zero-order valence-electron chi connectivity index (χ0n) is 13.7. The highest BCUT2D eigenvalue weighted by Crippen LogP contribution is 2.25. The summed E-state index contributed by atoms with van der Waals surface area (Å²) in [5.41, 5.74) is 5.76. The maximum Gasteiger partial charge on any atom is 0.0914 e. The van der Waals surface area contributed by atoms with Gasteiger partial charge in [-0.05, 0) is 45.4 Å². The molecule has 0 unspecified atom stereocenters. The third kappa shape index (κ3) is 2.55. The van der Waals surface area contributed by atoms with Gasteiger partial charge in [-0.1, -0.05) is 18.2 Å². The zero-order valence-corrected chi connectivity index (χ0v) is 13.7. The van der Waals surface area contributed by atoms with Crippen LogP contribution in [0.3, 0.4) is 0 Å². The molecule has 2 aromatic heterocycles. The lowest BCUT2D eigenvalue weighted by Crippen LogP contribution is -2.24. The first kappa shape index (κ1) is 14.9. The Hall–Kier alpha value is -2.07. The topological polar surface area (TPSA) is 43.0 Å². The molecule has 22 heavy (non-hydrogen) atoms. The fraction of sp³-hybridized carbons (Fsp3) is 0.389. The van der Waals surface area contributed by atoms with Gasteiger partial charge in [0.05, 0.1) is 24.9 Å². The Labute approximate surface area is 131 Å². The summed E-state index contributed by atoms with van der Waals surface area (Å²) >= 11 is 0. The summed E-state index contributed by atoms with van der Waals surface area (Å²) in [6.45, 7) is 9.35. The van der Waals surface area contributed by atoms with E-state index in [1.54, 1.807) is 0 Å². The van der Waals surface area contributed by atoms with Crippen LogP contribution in [0.25, 0.3) is 10.9 Å². The van der Waals surface area contributed by atoms with Crippen molar-refractivity contribution in [3.63, 3.8) is 0 Å². The predicted octanol–water partition coefficient (Wildman–Crippen LogP) is 3.13. The Morgan fingerprint density at radius 1 is 1.09 bits per heavy atom. The molecule has 0 saturated carbocycles. The van der Waals surface area contributed by atoms with Gasteiger partial charge in [-0.2, -0.15) is 5.10 Å². The first-order valence-corrected chi connectivity index (χ1v) is 7.71. The summed E-state index contributed by atoms with van der Waals surface area (Å²) in [4.78, 5) is 0.